The molecular formula is C20H23BrFN7O7S. The van der Waals surface area contributed by atoms with Gasteiger partial charge in [0.2, 0.25) is 11.6 Å². The van der Waals surface area contributed by atoms with Gasteiger partial charge >= 0.3 is 22.1 Å². The first-order valence-corrected chi connectivity index (χ1v) is 13.2. The van der Waals surface area contributed by atoms with E-state index in [-0.39, 0.29) is 46.6 Å². The number of benzene rings is 1. The van der Waals surface area contributed by atoms with Crippen molar-refractivity contribution in [2.75, 3.05) is 18.4 Å². The largest absolute Gasteiger partial charge is 0.446 e. The maximum absolute atomic E-state index is 13.7. The molecule has 1 fully saturated rings. The Morgan fingerprint density at radius 1 is 1.22 bits per heavy atom. The number of piperidine rings is 1. The number of nitrogens with zero attached hydrogens (tertiary/aromatic N) is 5. The van der Waals surface area contributed by atoms with Crippen LogP contribution in [0.2, 0.25) is 0 Å². The van der Waals surface area contributed by atoms with E-state index in [1.807, 2.05) is 4.72 Å². The summed E-state index contributed by atoms with van der Waals surface area (Å²) in [7, 11) is -4.09. The van der Waals surface area contributed by atoms with Crippen molar-refractivity contribution in [2.24, 2.45) is 0 Å². The van der Waals surface area contributed by atoms with Crippen molar-refractivity contribution in [3.63, 3.8) is 0 Å². The zero-order chi connectivity index (χ0) is 27.0. The second-order valence-electron chi connectivity index (χ2n) is 9.09. The summed E-state index contributed by atoms with van der Waals surface area (Å²) in [5.41, 5.74) is -0.519. The average Bonchev–Trinajstić information content (AvgIpc) is 3.40. The second-order valence-corrected chi connectivity index (χ2v) is 11.6. The molecule has 0 unspecified atom stereocenters. The molecule has 37 heavy (non-hydrogen) atoms. The van der Waals surface area contributed by atoms with E-state index in [4.69, 9.17) is 13.9 Å². The summed E-state index contributed by atoms with van der Waals surface area (Å²) in [5, 5.41) is 14.5. The van der Waals surface area contributed by atoms with Gasteiger partial charge < -0.3 is 10.1 Å². The highest BCUT2D eigenvalue weighted by Gasteiger charge is 2.32. The van der Waals surface area contributed by atoms with E-state index in [0.29, 0.717) is 12.8 Å². The van der Waals surface area contributed by atoms with Crippen molar-refractivity contribution in [3.05, 3.63) is 39.0 Å². The Morgan fingerprint density at radius 3 is 2.57 bits per heavy atom. The first-order valence-electron chi connectivity index (χ1n) is 11.0. The van der Waals surface area contributed by atoms with Crippen LogP contribution < -0.4 is 15.8 Å². The van der Waals surface area contributed by atoms with Gasteiger partial charge in [0.05, 0.1) is 10.2 Å². The van der Waals surface area contributed by atoms with Crippen LogP contribution in [-0.4, -0.2) is 63.6 Å². The van der Waals surface area contributed by atoms with Crippen molar-refractivity contribution in [2.45, 2.75) is 45.3 Å². The van der Waals surface area contributed by atoms with E-state index in [2.05, 4.69) is 36.7 Å². The van der Waals surface area contributed by atoms with E-state index in [1.54, 1.807) is 20.8 Å². The Balaban J connectivity index is 1.45. The number of aromatic nitrogens is 4. The Hall–Kier alpha value is -3.31. The minimum atomic E-state index is -4.09. The summed E-state index contributed by atoms with van der Waals surface area (Å²) in [6, 6.07) is 3.66. The molecule has 200 valence electrons. The molecule has 3 aromatic rings. The summed E-state index contributed by atoms with van der Waals surface area (Å²) in [6.07, 6.45) is -0.339. The monoisotopic (exact) mass is 603 g/mol. The van der Waals surface area contributed by atoms with Crippen molar-refractivity contribution < 1.29 is 31.5 Å². The fourth-order valence-electron chi connectivity index (χ4n) is 3.58. The molecule has 1 aliphatic rings. The number of hydrogen-bond donors (Lipinski definition) is 2. The number of nitrogens with one attached hydrogen (secondary N) is 2. The molecule has 4 rings (SSSR count). The van der Waals surface area contributed by atoms with Crippen LogP contribution in [0.3, 0.4) is 0 Å². The predicted molar refractivity (Wildman–Crippen MR) is 130 cm³/mol. The van der Waals surface area contributed by atoms with E-state index < -0.39 is 33.5 Å². The van der Waals surface area contributed by atoms with Gasteiger partial charge in [-0.25, -0.2) is 27.9 Å². The van der Waals surface area contributed by atoms with Crippen LogP contribution in [0.4, 0.5) is 15.0 Å². The number of carbonyl (C=O) groups is 1. The second kappa shape index (κ2) is 10.2. The topological polar surface area (TPSA) is 175 Å². The molecule has 1 saturated heterocycles. The van der Waals surface area contributed by atoms with Crippen LogP contribution in [0, 0.1) is 5.82 Å². The molecule has 1 amide bonds. The lowest BCUT2D eigenvalue weighted by Gasteiger charge is -2.31. The Bertz CT molecular complexity index is 1460. The van der Waals surface area contributed by atoms with Crippen molar-refractivity contribution in [1.29, 1.82) is 0 Å². The van der Waals surface area contributed by atoms with Gasteiger partial charge in [-0.15, -0.1) is 0 Å². The van der Waals surface area contributed by atoms with Crippen molar-refractivity contribution >= 4 is 38.1 Å². The third-order valence-electron chi connectivity index (χ3n) is 5.21. The highest BCUT2D eigenvalue weighted by Crippen LogP contribution is 2.28. The van der Waals surface area contributed by atoms with Crippen LogP contribution in [0.25, 0.3) is 17.2 Å². The number of halogens is 2. The fourth-order valence-corrected chi connectivity index (χ4v) is 5.02. The minimum absolute atomic E-state index is 0.0335. The van der Waals surface area contributed by atoms with Crippen LogP contribution in [0.15, 0.2) is 36.6 Å². The summed E-state index contributed by atoms with van der Waals surface area (Å²) < 4.78 is 57.7. The highest BCUT2D eigenvalue weighted by atomic mass is 79.9. The number of rotatable bonds is 6. The highest BCUT2D eigenvalue weighted by molar-refractivity contribution is 9.10. The molecule has 0 bridgehead atoms. The summed E-state index contributed by atoms with van der Waals surface area (Å²) in [6.45, 7) is 5.09. The van der Waals surface area contributed by atoms with Crippen LogP contribution in [-0.2, 0) is 14.9 Å². The first kappa shape index (κ1) is 26.7. The zero-order valence-corrected chi connectivity index (χ0v) is 22.3. The molecule has 17 heteroatoms. The summed E-state index contributed by atoms with van der Waals surface area (Å²) in [4.78, 5) is 24.2. The molecule has 0 atom stereocenters. The third kappa shape index (κ3) is 6.16. The summed E-state index contributed by atoms with van der Waals surface area (Å²) >= 11 is 3.08. The van der Waals surface area contributed by atoms with Gasteiger partial charge in [0.1, 0.15) is 11.4 Å². The van der Waals surface area contributed by atoms with Gasteiger partial charge in [-0.3, -0.25) is 4.52 Å². The van der Waals surface area contributed by atoms with Gasteiger partial charge in [0.25, 0.3) is 0 Å². The van der Waals surface area contributed by atoms with Gasteiger partial charge in [0, 0.05) is 19.1 Å². The lowest BCUT2D eigenvalue weighted by molar-refractivity contribution is 0.0566. The molecule has 2 N–H and O–H groups in total. The quantitative estimate of drug-likeness (QED) is 0.423. The SMILES string of the molecule is CC(C)(C)OC(=O)NS(=O)(=O)N1CCC(Nc2nonc2-c2noc(=O)n2-c2ccc(F)c(Br)c2)CC1. The van der Waals surface area contributed by atoms with Gasteiger partial charge in [-0.2, -0.15) is 12.7 Å². The maximum Gasteiger partial charge on any atom is 0.446 e. The molecule has 0 aliphatic carbocycles. The number of anilines is 1. The van der Waals surface area contributed by atoms with Crippen LogP contribution in [0.1, 0.15) is 33.6 Å². The van der Waals surface area contributed by atoms with E-state index in [1.165, 1.54) is 18.2 Å². The van der Waals surface area contributed by atoms with Gasteiger partial charge in [-0.05, 0) is 78.1 Å². The van der Waals surface area contributed by atoms with Gasteiger partial charge in [0.15, 0.2) is 5.69 Å². The van der Waals surface area contributed by atoms with Crippen LogP contribution >= 0.6 is 15.9 Å². The Kier molecular flexibility index (Phi) is 7.38. The molecule has 2 aromatic heterocycles. The van der Waals surface area contributed by atoms with E-state index in [9.17, 15) is 22.4 Å². The molecule has 0 spiro atoms. The molecular weight excluding hydrogens is 581 g/mol. The van der Waals surface area contributed by atoms with Crippen LogP contribution in [0.5, 0.6) is 0 Å². The fraction of sp³-hybridized carbons (Fsp3) is 0.450. The normalized spacial score (nSPS) is 15.5. The molecule has 0 saturated carbocycles. The smallest absolute Gasteiger partial charge is 0.443 e. The summed E-state index contributed by atoms with van der Waals surface area (Å²) in [5.74, 6) is -1.24. The molecule has 3 heterocycles. The molecule has 0 radical (unpaired) electrons. The number of ether oxygens (including phenoxy) is 1. The number of carbonyl (C=O) groups excluding carboxylic acids is 1. The van der Waals surface area contributed by atoms with Crippen molar-refractivity contribution in [3.8, 4) is 17.2 Å². The van der Waals surface area contributed by atoms with Crippen molar-refractivity contribution in [1.82, 2.24) is 29.1 Å². The number of hydrogen-bond acceptors (Lipinski definition) is 11. The molecule has 1 aromatic carbocycles. The Labute approximate surface area is 218 Å². The molecule has 1 aliphatic heterocycles. The standard InChI is InChI=1S/C20H23BrFN7O7S/c1-20(2,3)34-18(30)27-37(32,33)28-8-6-11(7-9-28)23-16-15(24-36-25-16)17-26-35-19(31)29(17)12-4-5-14(22)13(21)10-12/h4-5,10-11H,6-9H2,1-3H3,(H,23,25)(H,27,30). The lowest BCUT2D eigenvalue weighted by Crippen LogP contribution is -2.49. The lowest BCUT2D eigenvalue weighted by atomic mass is 10.1. The van der Waals surface area contributed by atoms with Gasteiger partial charge in [-0.1, -0.05) is 5.16 Å². The molecule has 14 nitrogen and oxygen atoms in total. The van der Waals surface area contributed by atoms with E-state index >= 15 is 0 Å². The minimum Gasteiger partial charge on any atom is -0.443 e. The van der Waals surface area contributed by atoms with E-state index in [0.717, 1.165) is 8.87 Å². The average molecular weight is 604 g/mol. The third-order valence-corrected chi connectivity index (χ3v) is 7.29. The zero-order valence-electron chi connectivity index (χ0n) is 19.9. The first-order chi connectivity index (χ1) is 17.3. The Morgan fingerprint density at radius 2 is 1.92 bits per heavy atom. The number of amides is 1. The maximum atomic E-state index is 13.7. The predicted octanol–water partition coefficient (Wildman–Crippen LogP) is 2.42.